The molecule has 2 N–H and O–H groups in total. The quantitative estimate of drug-likeness (QED) is 0.813. The Kier molecular flexibility index (Phi) is 6.75. The van der Waals surface area contributed by atoms with Gasteiger partial charge in [-0.25, -0.2) is 4.98 Å². The summed E-state index contributed by atoms with van der Waals surface area (Å²) in [5, 5.41) is 4.66. The molecule has 0 aromatic carbocycles. The predicted octanol–water partition coefficient (Wildman–Crippen LogP) is 2.23. The molecule has 1 aliphatic heterocycles. The van der Waals surface area contributed by atoms with Crippen molar-refractivity contribution >= 4 is 29.4 Å². The maximum absolute atomic E-state index is 13.0. The van der Waals surface area contributed by atoms with Crippen LogP contribution in [0.25, 0.3) is 11.1 Å². The van der Waals surface area contributed by atoms with Gasteiger partial charge in [0.25, 0.3) is 11.6 Å². The summed E-state index contributed by atoms with van der Waals surface area (Å²) in [5.74, 6) is 0.0113. The van der Waals surface area contributed by atoms with Gasteiger partial charge in [0.15, 0.2) is 0 Å². The summed E-state index contributed by atoms with van der Waals surface area (Å²) in [6.07, 6.45) is 2.80. The van der Waals surface area contributed by atoms with Gasteiger partial charge in [0.2, 0.25) is 0 Å². The molecule has 25 heavy (non-hydrogen) atoms. The third-order valence-electron chi connectivity index (χ3n) is 4.41. The van der Waals surface area contributed by atoms with Gasteiger partial charge >= 0.3 is 0 Å². The Bertz CT molecular complexity index is 726. The summed E-state index contributed by atoms with van der Waals surface area (Å²) < 4.78 is 11.0. The molecule has 1 amide bonds. The van der Waals surface area contributed by atoms with Crippen molar-refractivity contribution in [2.45, 2.75) is 39.2 Å². The second kappa shape index (κ2) is 8.60. The highest BCUT2D eigenvalue weighted by Gasteiger charge is 2.27. The molecule has 0 bridgehead atoms. The van der Waals surface area contributed by atoms with Crippen LogP contribution in [0.2, 0.25) is 0 Å². The van der Waals surface area contributed by atoms with E-state index in [2.05, 4.69) is 10.1 Å². The van der Waals surface area contributed by atoms with Crippen molar-refractivity contribution in [1.82, 2.24) is 15.0 Å². The van der Waals surface area contributed by atoms with Crippen molar-refractivity contribution in [3.05, 3.63) is 23.0 Å². The van der Waals surface area contributed by atoms with E-state index in [1.54, 1.807) is 0 Å². The van der Waals surface area contributed by atoms with Gasteiger partial charge in [-0.2, -0.15) is 0 Å². The number of nitrogens with two attached hydrogens (primary N) is 1. The van der Waals surface area contributed by atoms with Crippen LogP contribution in [0.1, 0.15) is 41.0 Å². The van der Waals surface area contributed by atoms with Gasteiger partial charge < -0.3 is 19.9 Å². The molecular formula is C17H25ClN4O3. The number of amides is 1. The van der Waals surface area contributed by atoms with Crippen molar-refractivity contribution in [3.8, 4) is 0 Å². The number of carbonyl (C=O) groups is 1. The van der Waals surface area contributed by atoms with Crippen molar-refractivity contribution < 1.29 is 14.1 Å². The van der Waals surface area contributed by atoms with Crippen LogP contribution < -0.4 is 5.73 Å². The number of aromatic nitrogens is 2. The minimum Gasteiger partial charge on any atom is -0.378 e. The van der Waals surface area contributed by atoms with Crippen LogP contribution in [0.5, 0.6) is 0 Å². The molecule has 2 aromatic heterocycles. The first kappa shape index (κ1) is 19.6. The third kappa shape index (κ3) is 4.29. The summed E-state index contributed by atoms with van der Waals surface area (Å²) >= 11 is 0. The van der Waals surface area contributed by atoms with E-state index >= 15 is 0 Å². The second-order valence-electron chi connectivity index (χ2n) is 6.26. The Hall–Kier alpha value is -1.70. The minimum absolute atomic E-state index is 0. The molecule has 3 rings (SSSR count). The van der Waals surface area contributed by atoms with Crippen LogP contribution in [0, 0.1) is 13.8 Å². The number of aryl methyl sites for hydroxylation is 2. The fourth-order valence-corrected chi connectivity index (χ4v) is 3.12. The van der Waals surface area contributed by atoms with Gasteiger partial charge in [-0.3, -0.25) is 4.79 Å². The van der Waals surface area contributed by atoms with Gasteiger partial charge in [0.1, 0.15) is 0 Å². The number of nitrogens with zero attached hydrogens (tertiary/aromatic N) is 3. The lowest BCUT2D eigenvalue weighted by Gasteiger charge is -2.32. The second-order valence-corrected chi connectivity index (χ2v) is 6.26. The lowest BCUT2D eigenvalue weighted by atomic mass is 10.0. The molecule has 7 nitrogen and oxygen atoms in total. The van der Waals surface area contributed by atoms with Gasteiger partial charge in [0.05, 0.1) is 22.7 Å². The highest BCUT2D eigenvalue weighted by molar-refractivity contribution is 6.06. The highest BCUT2D eigenvalue weighted by Crippen LogP contribution is 2.25. The minimum atomic E-state index is 0. The predicted molar refractivity (Wildman–Crippen MR) is 97.1 cm³/mol. The number of fused-ring (bicyclic) bond motifs is 1. The Morgan fingerprint density at radius 1 is 1.40 bits per heavy atom. The first-order valence-corrected chi connectivity index (χ1v) is 8.44. The number of hydrogen-bond acceptors (Lipinski definition) is 6. The Labute approximate surface area is 153 Å². The van der Waals surface area contributed by atoms with Crippen LogP contribution in [-0.2, 0) is 4.74 Å². The van der Waals surface area contributed by atoms with E-state index in [0.717, 1.165) is 25.0 Å². The summed E-state index contributed by atoms with van der Waals surface area (Å²) in [6.45, 7) is 6.41. The molecule has 138 valence electrons. The van der Waals surface area contributed by atoms with Crippen molar-refractivity contribution in [2.24, 2.45) is 5.73 Å². The first-order chi connectivity index (χ1) is 11.6. The molecule has 0 spiro atoms. The fourth-order valence-electron chi connectivity index (χ4n) is 3.12. The SMILES string of the molecule is Cc1cc(C(=O)N2CCC(OCCCN)CC2)c2c(C)noc2n1.Cl. The van der Waals surface area contributed by atoms with E-state index in [0.29, 0.717) is 48.6 Å². The fraction of sp³-hybridized carbons (Fsp3) is 0.588. The summed E-state index contributed by atoms with van der Waals surface area (Å²) in [7, 11) is 0. The molecule has 0 unspecified atom stereocenters. The van der Waals surface area contributed by atoms with E-state index in [1.807, 2.05) is 24.8 Å². The molecular weight excluding hydrogens is 344 g/mol. The smallest absolute Gasteiger partial charge is 0.258 e. The molecule has 1 fully saturated rings. The van der Waals surface area contributed by atoms with E-state index < -0.39 is 0 Å². The van der Waals surface area contributed by atoms with Crippen molar-refractivity contribution in [1.29, 1.82) is 0 Å². The number of likely N-dealkylation sites (tertiary alicyclic amines) is 1. The summed E-state index contributed by atoms with van der Waals surface area (Å²) in [5.41, 5.74) is 7.98. The largest absolute Gasteiger partial charge is 0.378 e. The highest BCUT2D eigenvalue weighted by atomic mass is 35.5. The van der Waals surface area contributed by atoms with Crippen LogP contribution in [0.15, 0.2) is 10.6 Å². The standard InChI is InChI=1S/C17H24N4O3.ClH/c1-11-10-14(15-12(2)20-24-16(15)19-11)17(22)21-7-4-13(5-8-21)23-9-3-6-18;/h10,13H,3-9,18H2,1-2H3;1H. The van der Waals surface area contributed by atoms with Crippen LogP contribution in [0.3, 0.4) is 0 Å². The molecule has 2 aromatic rings. The molecule has 8 heteroatoms. The number of pyridine rings is 1. The number of piperidine rings is 1. The van der Waals surface area contributed by atoms with Crippen molar-refractivity contribution in [2.75, 3.05) is 26.2 Å². The molecule has 3 heterocycles. The van der Waals surface area contributed by atoms with Crippen molar-refractivity contribution in [3.63, 3.8) is 0 Å². The molecule has 0 saturated carbocycles. The number of ether oxygens (including phenoxy) is 1. The molecule has 1 aliphatic rings. The number of halogens is 1. The van der Waals surface area contributed by atoms with Gasteiger partial charge in [0, 0.05) is 25.4 Å². The summed E-state index contributed by atoms with van der Waals surface area (Å²) in [4.78, 5) is 19.1. The van der Waals surface area contributed by atoms with Gasteiger partial charge in [-0.05, 0) is 45.7 Å². The maximum Gasteiger partial charge on any atom is 0.258 e. The Balaban J connectivity index is 0.00000225. The van der Waals surface area contributed by atoms with E-state index in [9.17, 15) is 4.79 Å². The third-order valence-corrected chi connectivity index (χ3v) is 4.41. The molecule has 0 aliphatic carbocycles. The monoisotopic (exact) mass is 368 g/mol. The maximum atomic E-state index is 13.0. The number of carbonyl (C=O) groups excluding carboxylic acids is 1. The number of rotatable bonds is 5. The van der Waals surface area contributed by atoms with E-state index in [4.69, 9.17) is 15.0 Å². The molecule has 0 radical (unpaired) electrons. The topological polar surface area (TPSA) is 94.5 Å². The Morgan fingerprint density at radius 3 is 2.80 bits per heavy atom. The van der Waals surface area contributed by atoms with Crippen LogP contribution >= 0.6 is 12.4 Å². The van der Waals surface area contributed by atoms with Crippen LogP contribution in [0.4, 0.5) is 0 Å². The molecule has 1 saturated heterocycles. The lowest BCUT2D eigenvalue weighted by molar-refractivity contribution is 0.00849. The average molecular weight is 369 g/mol. The van der Waals surface area contributed by atoms with E-state index in [1.165, 1.54) is 0 Å². The zero-order valence-electron chi connectivity index (χ0n) is 14.7. The zero-order valence-corrected chi connectivity index (χ0v) is 15.5. The van der Waals surface area contributed by atoms with Crippen LogP contribution in [-0.4, -0.2) is 53.3 Å². The normalized spacial score (nSPS) is 15.4. The van der Waals surface area contributed by atoms with Gasteiger partial charge in [-0.15, -0.1) is 12.4 Å². The first-order valence-electron chi connectivity index (χ1n) is 8.44. The van der Waals surface area contributed by atoms with Gasteiger partial charge in [-0.1, -0.05) is 5.16 Å². The number of hydrogen-bond donors (Lipinski definition) is 1. The lowest BCUT2D eigenvalue weighted by Crippen LogP contribution is -2.41. The average Bonchev–Trinajstić information content (AvgIpc) is 2.95. The molecule has 0 atom stereocenters. The Morgan fingerprint density at radius 2 is 2.12 bits per heavy atom. The summed E-state index contributed by atoms with van der Waals surface area (Å²) in [6, 6.07) is 1.82. The van der Waals surface area contributed by atoms with E-state index in [-0.39, 0.29) is 24.4 Å². The zero-order chi connectivity index (χ0) is 17.1.